The third-order valence-corrected chi connectivity index (χ3v) is 5.94. The van der Waals surface area contributed by atoms with Crippen LogP contribution in [0.3, 0.4) is 0 Å². The van der Waals surface area contributed by atoms with Gasteiger partial charge in [-0.1, -0.05) is 55.7 Å². The second-order valence-corrected chi connectivity index (χ2v) is 8.37. The van der Waals surface area contributed by atoms with Crippen molar-refractivity contribution in [3.63, 3.8) is 0 Å². The second kappa shape index (κ2) is 11.3. The molecular weight excluding hydrogens is 360 g/mol. The quantitative estimate of drug-likeness (QED) is 0.629. The van der Waals surface area contributed by atoms with Gasteiger partial charge in [0.15, 0.2) is 0 Å². The van der Waals surface area contributed by atoms with Crippen molar-refractivity contribution in [3.05, 3.63) is 65.2 Å². The maximum Gasteiger partial charge on any atom is 0.119 e. The lowest BCUT2D eigenvalue weighted by Crippen LogP contribution is -2.40. The van der Waals surface area contributed by atoms with E-state index in [0.717, 1.165) is 18.8 Å². The highest BCUT2D eigenvalue weighted by Crippen LogP contribution is 2.22. The smallest absolute Gasteiger partial charge is 0.119 e. The van der Waals surface area contributed by atoms with Gasteiger partial charge in [-0.15, -0.1) is 0 Å². The zero-order valence-corrected chi connectivity index (χ0v) is 17.9. The zero-order valence-electron chi connectivity index (χ0n) is 17.9. The lowest BCUT2D eigenvalue weighted by Gasteiger charge is -2.32. The van der Waals surface area contributed by atoms with E-state index in [1.807, 2.05) is 12.1 Å². The lowest BCUT2D eigenvalue weighted by molar-refractivity contribution is 0.0561. The molecule has 2 N–H and O–H groups in total. The third kappa shape index (κ3) is 7.14. The van der Waals surface area contributed by atoms with Gasteiger partial charge in [0, 0.05) is 25.7 Å². The van der Waals surface area contributed by atoms with Gasteiger partial charge in [-0.05, 0) is 55.6 Å². The van der Waals surface area contributed by atoms with E-state index >= 15 is 0 Å². The summed E-state index contributed by atoms with van der Waals surface area (Å²) in [7, 11) is 2.12. The summed E-state index contributed by atoms with van der Waals surface area (Å²) in [6.07, 6.45) is 6.01. The summed E-state index contributed by atoms with van der Waals surface area (Å²) in [6, 6.07) is 17.2. The Morgan fingerprint density at radius 3 is 2.66 bits per heavy atom. The molecule has 1 saturated carbocycles. The second-order valence-electron chi connectivity index (χ2n) is 8.37. The van der Waals surface area contributed by atoms with Crippen molar-refractivity contribution in [1.29, 1.82) is 0 Å². The van der Waals surface area contributed by atoms with Crippen LogP contribution >= 0.6 is 0 Å². The van der Waals surface area contributed by atoms with Crippen molar-refractivity contribution < 1.29 is 9.84 Å². The van der Waals surface area contributed by atoms with E-state index in [1.165, 1.54) is 48.8 Å². The monoisotopic (exact) mass is 396 g/mol. The highest BCUT2D eigenvalue weighted by Gasteiger charge is 2.20. The molecule has 0 bridgehead atoms. The number of likely N-dealkylation sites (N-methyl/N-ethyl adjacent to an activating group) is 1. The van der Waals surface area contributed by atoms with E-state index in [9.17, 15) is 5.11 Å². The summed E-state index contributed by atoms with van der Waals surface area (Å²) in [5.41, 5.74) is 3.82. The van der Waals surface area contributed by atoms with Crippen LogP contribution in [0.5, 0.6) is 5.75 Å². The molecule has 0 amide bonds. The molecule has 0 saturated heterocycles. The normalized spacial score (nSPS) is 16.1. The summed E-state index contributed by atoms with van der Waals surface area (Å²) in [5.74, 6) is 0.819. The van der Waals surface area contributed by atoms with Gasteiger partial charge >= 0.3 is 0 Å². The maximum absolute atomic E-state index is 10.4. The Morgan fingerprint density at radius 1 is 1.07 bits per heavy atom. The Hall–Kier alpha value is -1.88. The van der Waals surface area contributed by atoms with Gasteiger partial charge in [0.25, 0.3) is 0 Å². The molecule has 29 heavy (non-hydrogen) atoms. The molecule has 0 aromatic heterocycles. The Bertz CT molecular complexity index is 743. The van der Waals surface area contributed by atoms with Crippen LogP contribution in [-0.4, -0.2) is 42.4 Å². The van der Waals surface area contributed by atoms with Gasteiger partial charge in [-0.3, -0.25) is 0 Å². The van der Waals surface area contributed by atoms with E-state index in [-0.39, 0.29) is 0 Å². The number of rotatable bonds is 10. The first-order valence-electron chi connectivity index (χ1n) is 11.0. The Labute approximate surface area is 175 Å². The molecule has 0 unspecified atom stereocenters. The van der Waals surface area contributed by atoms with Crippen LogP contribution in [-0.2, 0) is 13.1 Å². The van der Waals surface area contributed by atoms with E-state index in [4.69, 9.17) is 4.74 Å². The number of hydrogen-bond acceptors (Lipinski definition) is 4. The van der Waals surface area contributed by atoms with Crippen LogP contribution in [0.2, 0.25) is 0 Å². The van der Waals surface area contributed by atoms with Crippen LogP contribution in [0, 0.1) is 6.92 Å². The molecule has 1 aliphatic rings. The van der Waals surface area contributed by atoms with E-state index < -0.39 is 6.10 Å². The van der Waals surface area contributed by atoms with E-state index in [2.05, 4.69) is 60.6 Å². The fourth-order valence-corrected chi connectivity index (χ4v) is 4.14. The lowest BCUT2D eigenvalue weighted by atomic mass is 9.94. The van der Waals surface area contributed by atoms with Crippen LogP contribution in [0.1, 0.15) is 48.8 Å². The first-order valence-corrected chi connectivity index (χ1v) is 11.0. The Balaban J connectivity index is 1.41. The molecule has 0 spiro atoms. The minimum Gasteiger partial charge on any atom is -0.491 e. The fraction of sp³-hybridized carbons (Fsp3) is 0.520. The van der Waals surface area contributed by atoms with Gasteiger partial charge in [0.1, 0.15) is 18.5 Å². The fourth-order valence-electron chi connectivity index (χ4n) is 4.14. The summed E-state index contributed by atoms with van der Waals surface area (Å²) in [6.45, 7) is 4.78. The largest absolute Gasteiger partial charge is 0.491 e. The molecule has 0 heterocycles. The van der Waals surface area contributed by atoms with E-state index in [1.54, 1.807) is 0 Å². The molecule has 0 aliphatic heterocycles. The van der Waals surface area contributed by atoms with Crippen molar-refractivity contribution in [2.24, 2.45) is 0 Å². The number of hydrogen-bond donors (Lipinski definition) is 2. The average molecular weight is 397 g/mol. The average Bonchev–Trinajstić information content (AvgIpc) is 2.74. The molecule has 3 rings (SSSR count). The van der Waals surface area contributed by atoms with Crippen LogP contribution < -0.4 is 10.1 Å². The van der Waals surface area contributed by atoms with Gasteiger partial charge in [0.05, 0.1) is 0 Å². The summed E-state index contributed by atoms with van der Waals surface area (Å²) in [5, 5.41) is 13.9. The summed E-state index contributed by atoms with van der Waals surface area (Å²) >= 11 is 0. The SMILES string of the molecule is Cc1ccccc1CNCc1cccc(OC[C@@H](O)CN(C)C2CCCCC2)c1. The third-order valence-electron chi connectivity index (χ3n) is 5.94. The molecule has 1 atom stereocenters. The Morgan fingerprint density at radius 2 is 1.86 bits per heavy atom. The predicted molar refractivity (Wildman–Crippen MR) is 119 cm³/mol. The van der Waals surface area contributed by atoms with Gasteiger partial charge in [0.2, 0.25) is 0 Å². The molecule has 4 nitrogen and oxygen atoms in total. The van der Waals surface area contributed by atoms with Crippen LogP contribution in [0.25, 0.3) is 0 Å². The predicted octanol–water partition coefficient (Wildman–Crippen LogP) is 4.29. The number of aryl methyl sites for hydroxylation is 1. The molecular formula is C25H36N2O2. The van der Waals surface area contributed by atoms with Crippen LogP contribution in [0.4, 0.5) is 0 Å². The zero-order chi connectivity index (χ0) is 20.5. The van der Waals surface area contributed by atoms with E-state index in [0.29, 0.717) is 19.2 Å². The number of aliphatic hydroxyl groups excluding tert-OH is 1. The Kier molecular flexibility index (Phi) is 8.53. The van der Waals surface area contributed by atoms with Crippen molar-refractivity contribution in [2.75, 3.05) is 20.2 Å². The molecule has 1 fully saturated rings. The first-order chi connectivity index (χ1) is 14.1. The van der Waals surface area contributed by atoms with Crippen molar-refractivity contribution in [1.82, 2.24) is 10.2 Å². The molecule has 4 heteroatoms. The number of aliphatic hydroxyl groups is 1. The first kappa shape index (κ1) is 21.8. The number of benzene rings is 2. The standard InChI is InChI=1S/C25H36N2O2/c1-20-9-6-7-11-22(20)17-26-16-21-10-8-14-25(15-21)29-19-24(28)18-27(2)23-12-4-3-5-13-23/h6-11,14-15,23-24,26,28H,3-5,12-13,16-19H2,1-2H3/t24-/m0/s1. The summed E-state index contributed by atoms with van der Waals surface area (Å²) in [4.78, 5) is 2.30. The molecule has 2 aromatic rings. The van der Waals surface area contributed by atoms with Crippen molar-refractivity contribution in [2.45, 2.75) is 64.3 Å². The molecule has 2 aromatic carbocycles. The highest BCUT2D eigenvalue weighted by atomic mass is 16.5. The van der Waals surface area contributed by atoms with Crippen molar-refractivity contribution >= 4 is 0 Å². The maximum atomic E-state index is 10.4. The van der Waals surface area contributed by atoms with Gasteiger partial charge in [-0.25, -0.2) is 0 Å². The topological polar surface area (TPSA) is 44.7 Å². The summed E-state index contributed by atoms with van der Waals surface area (Å²) < 4.78 is 5.88. The minimum atomic E-state index is -0.468. The molecule has 1 aliphatic carbocycles. The van der Waals surface area contributed by atoms with Crippen LogP contribution in [0.15, 0.2) is 48.5 Å². The van der Waals surface area contributed by atoms with Gasteiger partial charge in [-0.2, -0.15) is 0 Å². The highest BCUT2D eigenvalue weighted by molar-refractivity contribution is 5.29. The number of ether oxygens (including phenoxy) is 1. The molecule has 0 radical (unpaired) electrons. The number of nitrogens with one attached hydrogen (secondary N) is 1. The number of nitrogens with zero attached hydrogens (tertiary/aromatic N) is 1. The molecule has 158 valence electrons. The van der Waals surface area contributed by atoms with Gasteiger partial charge < -0.3 is 20.1 Å². The van der Waals surface area contributed by atoms with Crippen molar-refractivity contribution in [3.8, 4) is 5.75 Å². The minimum absolute atomic E-state index is 0.331.